The lowest BCUT2D eigenvalue weighted by atomic mass is 9.97. The predicted molar refractivity (Wildman–Crippen MR) is 104 cm³/mol. The van der Waals surface area contributed by atoms with E-state index in [1.54, 1.807) is 0 Å². The Morgan fingerprint density at radius 1 is 0.960 bits per heavy atom. The summed E-state index contributed by atoms with van der Waals surface area (Å²) in [6, 6.07) is 18.3. The Morgan fingerprint density at radius 3 is 2.00 bits per heavy atom. The zero-order valence-electron chi connectivity index (χ0n) is 15.2. The molecule has 0 aliphatic carbocycles. The van der Waals surface area contributed by atoms with Gasteiger partial charge in [0.2, 0.25) is 0 Å². The maximum absolute atomic E-state index is 12.9. The van der Waals surface area contributed by atoms with Gasteiger partial charge in [0.25, 0.3) is 0 Å². The van der Waals surface area contributed by atoms with Crippen molar-refractivity contribution in [3.8, 4) is 0 Å². The summed E-state index contributed by atoms with van der Waals surface area (Å²) in [5.74, 6) is -0.244. The molecule has 1 unspecified atom stereocenters. The number of nitrogens with zero attached hydrogens (tertiary/aromatic N) is 1. The van der Waals surface area contributed by atoms with Gasteiger partial charge in [-0.1, -0.05) is 62.4 Å². The summed E-state index contributed by atoms with van der Waals surface area (Å²) in [6.07, 6.45) is 0. The zero-order valence-corrected chi connectivity index (χ0v) is 15.2. The molecule has 0 N–H and O–H groups in total. The Bertz CT molecular complexity index is 829. The largest absolute Gasteiger partial charge is 0.460 e. The van der Waals surface area contributed by atoms with Crippen LogP contribution in [0.3, 0.4) is 0 Å². The fraction of sp³-hybridized carbons (Fsp3) is 0.318. The molecule has 0 bridgehead atoms. The SMILES string of the molecule is CCN(CC)C(C)COC(=O)c1c2ccccc2cc2ccccc12. The molecule has 3 rings (SSSR count). The van der Waals surface area contributed by atoms with E-state index in [1.807, 2.05) is 48.5 Å². The van der Waals surface area contributed by atoms with Crippen LogP contribution in [0.4, 0.5) is 0 Å². The van der Waals surface area contributed by atoms with Crippen LogP contribution in [0.1, 0.15) is 31.1 Å². The van der Waals surface area contributed by atoms with Crippen LogP contribution in [0.25, 0.3) is 21.5 Å². The molecule has 0 saturated carbocycles. The van der Waals surface area contributed by atoms with Gasteiger partial charge in [-0.2, -0.15) is 0 Å². The van der Waals surface area contributed by atoms with Gasteiger partial charge in [-0.05, 0) is 47.6 Å². The number of esters is 1. The van der Waals surface area contributed by atoms with E-state index in [-0.39, 0.29) is 12.0 Å². The standard InChI is InChI=1S/C22H25NO2/c1-4-23(5-2)16(3)15-25-22(24)21-19-12-8-6-10-17(19)14-18-11-7-9-13-20(18)21/h6-14,16H,4-5,15H2,1-3H3. The normalized spacial score (nSPS) is 12.6. The van der Waals surface area contributed by atoms with E-state index >= 15 is 0 Å². The smallest absolute Gasteiger partial charge is 0.339 e. The maximum atomic E-state index is 12.9. The minimum absolute atomic E-state index is 0.209. The molecule has 1 atom stereocenters. The second kappa shape index (κ2) is 7.66. The fourth-order valence-electron chi connectivity index (χ4n) is 3.45. The number of carbonyl (C=O) groups excluding carboxylic acids is 1. The minimum Gasteiger partial charge on any atom is -0.460 e. The van der Waals surface area contributed by atoms with Crippen LogP contribution in [0.2, 0.25) is 0 Å². The third-order valence-electron chi connectivity index (χ3n) is 4.87. The first kappa shape index (κ1) is 17.4. The Morgan fingerprint density at radius 2 is 1.48 bits per heavy atom. The number of fused-ring (bicyclic) bond motifs is 2. The van der Waals surface area contributed by atoms with Crippen LogP contribution in [0.5, 0.6) is 0 Å². The van der Waals surface area contributed by atoms with Crippen molar-refractivity contribution >= 4 is 27.5 Å². The van der Waals surface area contributed by atoms with Crippen molar-refractivity contribution < 1.29 is 9.53 Å². The molecule has 0 fully saturated rings. The molecule has 25 heavy (non-hydrogen) atoms. The Kier molecular flexibility index (Phi) is 5.34. The van der Waals surface area contributed by atoms with Crippen molar-refractivity contribution in [1.29, 1.82) is 0 Å². The summed E-state index contributed by atoms with van der Waals surface area (Å²) in [5.41, 5.74) is 0.667. The van der Waals surface area contributed by atoms with Crippen LogP contribution < -0.4 is 0 Å². The third-order valence-corrected chi connectivity index (χ3v) is 4.87. The summed E-state index contributed by atoms with van der Waals surface area (Å²) in [5, 5.41) is 4.01. The molecular formula is C22H25NO2. The summed E-state index contributed by atoms with van der Waals surface area (Å²) < 4.78 is 5.71. The van der Waals surface area contributed by atoms with E-state index in [2.05, 4.69) is 31.7 Å². The molecule has 3 aromatic carbocycles. The quantitative estimate of drug-likeness (QED) is 0.475. The highest BCUT2D eigenvalue weighted by Gasteiger charge is 2.18. The Labute approximate surface area is 149 Å². The topological polar surface area (TPSA) is 29.5 Å². The summed E-state index contributed by atoms with van der Waals surface area (Å²) in [4.78, 5) is 15.2. The van der Waals surface area contributed by atoms with E-state index in [1.165, 1.54) is 0 Å². The lowest BCUT2D eigenvalue weighted by Crippen LogP contribution is -2.36. The molecular weight excluding hydrogens is 310 g/mol. The fourth-order valence-corrected chi connectivity index (χ4v) is 3.45. The Hall–Kier alpha value is -2.39. The van der Waals surface area contributed by atoms with Gasteiger partial charge in [0, 0.05) is 6.04 Å². The van der Waals surface area contributed by atoms with E-state index in [0.717, 1.165) is 34.6 Å². The molecule has 0 radical (unpaired) electrons. The maximum Gasteiger partial charge on any atom is 0.339 e. The zero-order chi connectivity index (χ0) is 17.8. The van der Waals surface area contributed by atoms with Crippen molar-refractivity contribution in [2.24, 2.45) is 0 Å². The molecule has 0 spiro atoms. The highest BCUT2D eigenvalue weighted by Crippen LogP contribution is 2.29. The molecule has 0 saturated heterocycles. The number of benzene rings is 3. The molecule has 0 aromatic heterocycles. The number of hydrogen-bond donors (Lipinski definition) is 0. The summed E-state index contributed by atoms with van der Waals surface area (Å²) in [7, 11) is 0. The van der Waals surface area contributed by atoms with Crippen molar-refractivity contribution in [2.45, 2.75) is 26.8 Å². The van der Waals surface area contributed by atoms with E-state index in [0.29, 0.717) is 12.2 Å². The van der Waals surface area contributed by atoms with Crippen molar-refractivity contribution in [1.82, 2.24) is 4.90 Å². The van der Waals surface area contributed by atoms with Gasteiger partial charge >= 0.3 is 5.97 Å². The van der Waals surface area contributed by atoms with Gasteiger partial charge in [0.05, 0.1) is 5.56 Å². The van der Waals surface area contributed by atoms with Crippen LogP contribution in [0, 0.1) is 0 Å². The number of rotatable bonds is 6. The van der Waals surface area contributed by atoms with Gasteiger partial charge in [0.15, 0.2) is 0 Å². The van der Waals surface area contributed by atoms with Gasteiger partial charge < -0.3 is 4.74 Å². The third kappa shape index (κ3) is 3.52. The van der Waals surface area contributed by atoms with Crippen molar-refractivity contribution in [3.05, 3.63) is 60.2 Å². The second-order valence-corrected chi connectivity index (χ2v) is 6.36. The average molecular weight is 335 g/mol. The predicted octanol–water partition coefficient (Wildman–Crippen LogP) is 4.88. The average Bonchev–Trinajstić information content (AvgIpc) is 2.65. The van der Waals surface area contributed by atoms with Crippen LogP contribution in [0.15, 0.2) is 54.6 Å². The summed E-state index contributed by atoms with van der Waals surface area (Å²) >= 11 is 0. The van der Waals surface area contributed by atoms with Crippen LogP contribution in [-0.4, -0.2) is 36.6 Å². The number of ether oxygens (including phenoxy) is 1. The molecule has 0 aliphatic rings. The molecule has 3 aromatic rings. The molecule has 3 heteroatoms. The Balaban J connectivity index is 1.97. The molecule has 0 amide bonds. The molecule has 3 nitrogen and oxygen atoms in total. The molecule has 0 aliphatic heterocycles. The van der Waals surface area contributed by atoms with Gasteiger partial charge in [0.1, 0.15) is 6.61 Å². The first-order valence-electron chi connectivity index (χ1n) is 8.97. The first-order chi connectivity index (χ1) is 12.2. The molecule has 130 valence electrons. The van der Waals surface area contributed by atoms with Gasteiger partial charge in [-0.25, -0.2) is 4.79 Å². The lowest BCUT2D eigenvalue weighted by molar-refractivity contribution is 0.0386. The first-order valence-corrected chi connectivity index (χ1v) is 8.97. The number of likely N-dealkylation sites (N-methyl/N-ethyl adjacent to an activating group) is 1. The number of carbonyl (C=O) groups is 1. The minimum atomic E-state index is -0.244. The molecule has 0 heterocycles. The summed E-state index contributed by atoms with van der Waals surface area (Å²) in [6.45, 7) is 8.65. The van der Waals surface area contributed by atoms with E-state index in [9.17, 15) is 4.79 Å². The monoisotopic (exact) mass is 335 g/mol. The van der Waals surface area contributed by atoms with Crippen molar-refractivity contribution in [2.75, 3.05) is 19.7 Å². The van der Waals surface area contributed by atoms with Gasteiger partial charge in [-0.3, -0.25) is 4.90 Å². The second-order valence-electron chi connectivity index (χ2n) is 6.36. The van der Waals surface area contributed by atoms with E-state index in [4.69, 9.17) is 4.74 Å². The van der Waals surface area contributed by atoms with E-state index < -0.39 is 0 Å². The highest BCUT2D eigenvalue weighted by molar-refractivity contribution is 6.16. The van der Waals surface area contributed by atoms with Crippen LogP contribution in [-0.2, 0) is 4.74 Å². The van der Waals surface area contributed by atoms with Crippen LogP contribution >= 0.6 is 0 Å². The van der Waals surface area contributed by atoms with Crippen molar-refractivity contribution in [3.63, 3.8) is 0 Å². The van der Waals surface area contributed by atoms with Gasteiger partial charge in [-0.15, -0.1) is 0 Å². The lowest BCUT2D eigenvalue weighted by Gasteiger charge is -2.26. The highest BCUT2D eigenvalue weighted by atomic mass is 16.5. The number of hydrogen-bond acceptors (Lipinski definition) is 3.